The van der Waals surface area contributed by atoms with Gasteiger partial charge in [-0.25, -0.2) is 0 Å². The summed E-state index contributed by atoms with van der Waals surface area (Å²) in [4.78, 5) is 0. The molecule has 1 atom stereocenters. The van der Waals surface area contributed by atoms with Gasteiger partial charge in [0.2, 0.25) is 0 Å². The summed E-state index contributed by atoms with van der Waals surface area (Å²) >= 11 is 0. The predicted octanol–water partition coefficient (Wildman–Crippen LogP) is 2.87. The Labute approximate surface area is 88.0 Å². The van der Waals surface area contributed by atoms with Gasteiger partial charge in [0, 0.05) is 12.5 Å². The van der Waals surface area contributed by atoms with Gasteiger partial charge in [-0.15, -0.1) is 0 Å². The van der Waals surface area contributed by atoms with Gasteiger partial charge in [-0.3, -0.25) is 0 Å². The normalized spacial score (nSPS) is 19.3. The number of hydrogen-bond donors (Lipinski definition) is 0. The zero-order valence-electron chi connectivity index (χ0n) is 9.63. The first-order valence-electron chi connectivity index (χ1n) is 6.02. The molecule has 2 heteroatoms. The maximum absolute atomic E-state index is 5.71. The number of unbranched alkanes of at least 4 members (excludes halogenated alkanes) is 1. The topological polar surface area (TPSA) is 18.5 Å². The lowest BCUT2D eigenvalue weighted by molar-refractivity contribution is -0.0760. The van der Waals surface area contributed by atoms with E-state index in [1.165, 1.54) is 25.7 Å². The lowest BCUT2D eigenvalue weighted by Gasteiger charge is -2.26. The molecule has 1 aliphatic heterocycles. The molecule has 0 N–H and O–H groups in total. The van der Waals surface area contributed by atoms with Crippen molar-refractivity contribution in [2.75, 3.05) is 26.4 Å². The van der Waals surface area contributed by atoms with Gasteiger partial charge >= 0.3 is 0 Å². The van der Waals surface area contributed by atoms with Crippen molar-refractivity contribution in [3.05, 3.63) is 0 Å². The number of ether oxygens (including phenoxy) is 2. The largest absolute Gasteiger partial charge is 0.381 e. The Morgan fingerprint density at radius 1 is 1.36 bits per heavy atom. The van der Waals surface area contributed by atoms with Gasteiger partial charge in [-0.1, -0.05) is 33.1 Å². The van der Waals surface area contributed by atoms with Crippen LogP contribution in [0.4, 0.5) is 0 Å². The van der Waals surface area contributed by atoms with Crippen molar-refractivity contribution in [2.45, 2.75) is 39.5 Å². The van der Waals surface area contributed by atoms with E-state index in [2.05, 4.69) is 13.8 Å². The van der Waals surface area contributed by atoms with Gasteiger partial charge < -0.3 is 9.47 Å². The van der Waals surface area contributed by atoms with Crippen LogP contribution < -0.4 is 0 Å². The first kappa shape index (κ1) is 12.0. The van der Waals surface area contributed by atoms with Crippen molar-refractivity contribution in [3.63, 3.8) is 0 Å². The maximum atomic E-state index is 5.71. The summed E-state index contributed by atoms with van der Waals surface area (Å²) < 4.78 is 10.8. The van der Waals surface area contributed by atoms with E-state index < -0.39 is 0 Å². The average Bonchev–Trinajstić information content (AvgIpc) is 2.14. The molecule has 0 bridgehead atoms. The van der Waals surface area contributed by atoms with Crippen molar-refractivity contribution < 1.29 is 9.47 Å². The molecule has 1 rings (SSSR count). The van der Waals surface area contributed by atoms with E-state index in [0.717, 1.165) is 32.3 Å². The summed E-state index contributed by atoms with van der Waals surface area (Å²) in [5, 5.41) is 0. The van der Waals surface area contributed by atoms with E-state index in [9.17, 15) is 0 Å². The van der Waals surface area contributed by atoms with Crippen LogP contribution in [0.2, 0.25) is 0 Å². The zero-order chi connectivity index (χ0) is 10.2. The zero-order valence-corrected chi connectivity index (χ0v) is 9.63. The molecule has 0 spiro atoms. The van der Waals surface area contributed by atoms with Crippen LogP contribution in [-0.4, -0.2) is 26.4 Å². The summed E-state index contributed by atoms with van der Waals surface area (Å²) in [6, 6.07) is 0. The van der Waals surface area contributed by atoms with Gasteiger partial charge in [0.1, 0.15) is 0 Å². The van der Waals surface area contributed by atoms with Crippen LogP contribution >= 0.6 is 0 Å². The molecule has 1 fully saturated rings. The van der Waals surface area contributed by atoms with Gasteiger partial charge in [0.25, 0.3) is 0 Å². The molecule has 1 saturated heterocycles. The Bertz CT molecular complexity index is 132. The summed E-state index contributed by atoms with van der Waals surface area (Å²) in [5.74, 6) is 1.45. The summed E-state index contributed by atoms with van der Waals surface area (Å²) in [6.45, 7) is 8.18. The molecule has 0 aromatic heterocycles. The van der Waals surface area contributed by atoms with Gasteiger partial charge in [0.15, 0.2) is 0 Å². The van der Waals surface area contributed by atoms with Crippen LogP contribution in [0.3, 0.4) is 0 Å². The first-order chi connectivity index (χ1) is 6.86. The molecule has 0 saturated carbocycles. The second-order valence-corrected chi connectivity index (χ2v) is 4.36. The summed E-state index contributed by atoms with van der Waals surface area (Å²) in [5.41, 5.74) is 0. The van der Waals surface area contributed by atoms with Crippen LogP contribution in [0.15, 0.2) is 0 Å². The standard InChI is InChI=1S/C12H24O2/c1-3-5-6-11(4-2)7-13-8-12-9-14-10-12/h11-12H,3-10H2,1-2H3. The average molecular weight is 200 g/mol. The highest BCUT2D eigenvalue weighted by molar-refractivity contribution is 4.64. The molecule has 0 aliphatic carbocycles. The van der Waals surface area contributed by atoms with Crippen molar-refractivity contribution in [1.82, 2.24) is 0 Å². The molecule has 14 heavy (non-hydrogen) atoms. The maximum Gasteiger partial charge on any atom is 0.0538 e. The quantitative estimate of drug-likeness (QED) is 0.600. The number of rotatable bonds is 8. The molecule has 0 aromatic carbocycles. The highest BCUT2D eigenvalue weighted by atomic mass is 16.5. The van der Waals surface area contributed by atoms with Crippen molar-refractivity contribution in [1.29, 1.82) is 0 Å². The molecule has 0 radical (unpaired) electrons. The molecule has 0 amide bonds. The van der Waals surface area contributed by atoms with E-state index in [1.54, 1.807) is 0 Å². The highest BCUT2D eigenvalue weighted by Crippen LogP contribution is 2.15. The molecule has 1 unspecified atom stereocenters. The molecular formula is C12H24O2. The van der Waals surface area contributed by atoms with E-state index in [1.807, 2.05) is 0 Å². The first-order valence-corrected chi connectivity index (χ1v) is 6.02. The van der Waals surface area contributed by atoms with Crippen molar-refractivity contribution in [2.24, 2.45) is 11.8 Å². The fourth-order valence-electron chi connectivity index (χ4n) is 1.68. The summed E-state index contributed by atoms with van der Waals surface area (Å²) in [6.07, 6.45) is 5.22. The van der Waals surface area contributed by atoms with Gasteiger partial charge in [-0.05, 0) is 12.3 Å². The van der Waals surface area contributed by atoms with E-state index in [-0.39, 0.29) is 0 Å². The smallest absolute Gasteiger partial charge is 0.0538 e. The van der Waals surface area contributed by atoms with E-state index >= 15 is 0 Å². The minimum atomic E-state index is 0.679. The van der Waals surface area contributed by atoms with Crippen LogP contribution in [0.25, 0.3) is 0 Å². The van der Waals surface area contributed by atoms with Crippen LogP contribution in [0.5, 0.6) is 0 Å². The lowest BCUT2D eigenvalue weighted by Crippen LogP contribution is -2.32. The fourth-order valence-corrected chi connectivity index (χ4v) is 1.68. The molecule has 84 valence electrons. The minimum absolute atomic E-state index is 0.679. The lowest BCUT2D eigenvalue weighted by atomic mass is 10.0. The monoisotopic (exact) mass is 200 g/mol. The summed E-state index contributed by atoms with van der Waals surface area (Å²) in [7, 11) is 0. The highest BCUT2D eigenvalue weighted by Gasteiger charge is 2.18. The molecular weight excluding hydrogens is 176 g/mol. The van der Waals surface area contributed by atoms with Crippen LogP contribution in [0.1, 0.15) is 39.5 Å². The number of hydrogen-bond acceptors (Lipinski definition) is 2. The van der Waals surface area contributed by atoms with E-state index in [4.69, 9.17) is 9.47 Å². The van der Waals surface area contributed by atoms with Gasteiger partial charge in [0.05, 0.1) is 19.8 Å². The van der Waals surface area contributed by atoms with Crippen molar-refractivity contribution >= 4 is 0 Å². The minimum Gasteiger partial charge on any atom is -0.381 e. The molecule has 1 heterocycles. The van der Waals surface area contributed by atoms with Crippen molar-refractivity contribution in [3.8, 4) is 0 Å². The second-order valence-electron chi connectivity index (χ2n) is 4.36. The second kappa shape index (κ2) is 7.24. The van der Waals surface area contributed by atoms with Gasteiger partial charge in [-0.2, -0.15) is 0 Å². The predicted molar refractivity (Wildman–Crippen MR) is 58.4 cm³/mol. The van der Waals surface area contributed by atoms with Crippen LogP contribution in [0, 0.1) is 11.8 Å². The Morgan fingerprint density at radius 2 is 2.14 bits per heavy atom. The Kier molecular flexibility index (Phi) is 6.20. The SMILES string of the molecule is CCCCC(CC)COCC1COC1. The third kappa shape index (κ3) is 4.43. The fraction of sp³-hybridized carbons (Fsp3) is 1.00. The van der Waals surface area contributed by atoms with E-state index in [0.29, 0.717) is 5.92 Å². The molecule has 0 aromatic rings. The Balaban J connectivity index is 1.95. The molecule has 2 nitrogen and oxygen atoms in total. The Hall–Kier alpha value is -0.0800. The third-order valence-corrected chi connectivity index (χ3v) is 2.96. The Morgan fingerprint density at radius 3 is 2.64 bits per heavy atom. The third-order valence-electron chi connectivity index (χ3n) is 2.96. The molecule has 1 aliphatic rings. The van der Waals surface area contributed by atoms with Crippen LogP contribution in [-0.2, 0) is 9.47 Å².